The van der Waals surface area contributed by atoms with Gasteiger partial charge in [0.05, 0.1) is 64.2 Å². The topological polar surface area (TPSA) is 42.3 Å². The van der Waals surface area contributed by atoms with Gasteiger partial charge in [-0.1, -0.05) is 227 Å². The fourth-order valence-electron chi connectivity index (χ4n) is 12.6. The molecule has 8 heteroatoms. The van der Waals surface area contributed by atoms with E-state index >= 15 is 0 Å². The van der Waals surface area contributed by atoms with E-state index < -0.39 is 67.4 Å². The van der Waals surface area contributed by atoms with E-state index in [1.807, 2.05) is 59.3 Å². The Hall–Kier alpha value is -10.7. The lowest BCUT2D eigenvalue weighted by atomic mass is 9.60. The molecular weight excluding hydrogens is 1020 g/mol. The van der Waals surface area contributed by atoms with Crippen LogP contribution in [0.25, 0.3) is 94.5 Å². The van der Waals surface area contributed by atoms with Crippen molar-refractivity contribution >= 4 is 68.0 Å². The maximum atomic E-state index is 9.24. The van der Waals surface area contributed by atoms with Gasteiger partial charge >= 0.3 is 6.98 Å². The standard InChI is InChI=1S/C76H55BN6O/c1-76(2,3)53-44-45-78-74(46-53)81-65-38-16-13-34-62(65)63-48-72(83-70-43-21-20-42-69(70)82-66-39-17-14-33-61(66)59-31-11-10-30-58(59)60-32-12-15-37-64(60)77(82)83)73(49-71(63)81)84-55-29-22-28-54(47-55)79-50-80(68-41-19-18-40-67(68)79)75-56(51-24-6-4-7-25-51)35-23-36-57(75)52-26-8-5-9-27-52/h4-49H,1-3H3/i4D,5D,6D,7D,8D,9D,24D,25D,26D,27D. The third kappa shape index (κ3) is 7.89. The molecule has 11 aromatic carbocycles. The van der Waals surface area contributed by atoms with E-state index in [1.165, 1.54) is 0 Å². The number of hydrogen-bond donors (Lipinski definition) is 0. The first-order chi connectivity index (χ1) is 45.5. The number of hydrogen-bond acceptors (Lipinski definition) is 4. The highest BCUT2D eigenvalue weighted by Crippen LogP contribution is 2.54. The summed E-state index contributed by atoms with van der Waals surface area (Å²) in [6.07, 6.45) is 5.43. The van der Waals surface area contributed by atoms with Gasteiger partial charge in [0, 0.05) is 34.3 Å². The van der Waals surface area contributed by atoms with Gasteiger partial charge in [-0.2, -0.15) is 0 Å². The van der Waals surface area contributed by atoms with Gasteiger partial charge in [-0.25, -0.2) is 4.98 Å². The summed E-state index contributed by atoms with van der Waals surface area (Å²) >= 11 is 0. The number of anilines is 4. The monoisotopic (exact) mass is 1090 g/mol. The Balaban J connectivity index is 0.937. The predicted octanol–water partition coefficient (Wildman–Crippen LogP) is 18.0. The van der Waals surface area contributed by atoms with Crippen molar-refractivity contribution in [2.24, 2.45) is 0 Å². The highest BCUT2D eigenvalue weighted by molar-refractivity contribution is 6.85. The Morgan fingerprint density at radius 1 is 0.488 bits per heavy atom. The molecule has 2 aliphatic heterocycles. The molecule has 0 aliphatic carbocycles. The van der Waals surface area contributed by atoms with Gasteiger partial charge in [-0.3, -0.25) is 13.7 Å². The molecule has 0 spiro atoms. The van der Waals surface area contributed by atoms with Gasteiger partial charge in [-0.15, -0.1) is 0 Å². The highest BCUT2D eigenvalue weighted by Gasteiger charge is 2.47. The molecule has 0 unspecified atom stereocenters. The smallest absolute Gasteiger partial charge is 0.421 e. The second kappa shape index (κ2) is 19.5. The number of pyridine rings is 1. The summed E-state index contributed by atoms with van der Waals surface area (Å²) in [5.41, 5.74) is 14.1. The van der Waals surface area contributed by atoms with Crippen LogP contribution in [-0.2, 0) is 5.41 Å². The zero-order valence-corrected chi connectivity index (χ0v) is 46.0. The number of fused-ring (bicyclic) bond motifs is 14. The Labute approximate surface area is 503 Å². The maximum absolute atomic E-state index is 9.24. The number of imidazole rings is 1. The third-order valence-corrected chi connectivity index (χ3v) is 16.3. The third-order valence-electron chi connectivity index (χ3n) is 16.3. The van der Waals surface area contributed by atoms with Crippen molar-refractivity contribution in [3.05, 3.63) is 291 Å². The highest BCUT2D eigenvalue weighted by atomic mass is 16.5. The van der Waals surface area contributed by atoms with Gasteiger partial charge in [0.2, 0.25) is 0 Å². The van der Waals surface area contributed by atoms with E-state index in [9.17, 15) is 5.48 Å². The average Bonchev–Trinajstić information content (AvgIpc) is 1.51. The van der Waals surface area contributed by atoms with E-state index in [4.69, 9.17) is 17.9 Å². The molecule has 398 valence electrons. The van der Waals surface area contributed by atoms with Crippen LogP contribution in [0, 0.1) is 6.33 Å². The summed E-state index contributed by atoms with van der Waals surface area (Å²) in [5.74, 6) is 1.76. The molecular formula is C76H55BN6O. The molecule has 0 bridgehead atoms. The van der Waals surface area contributed by atoms with Crippen molar-refractivity contribution in [1.82, 2.24) is 14.1 Å². The largest absolute Gasteiger partial charge is 0.456 e. The second-order valence-corrected chi connectivity index (χ2v) is 22.2. The summed E-state index contributed by atoms with van der Waals surface area (Å²) in [4.78, 5) is 9.94. The summed E-state index contributed by atoms with van der Waals surface area (Å²) in [5, 5.41) is 2.02. The minimum Gasteiger partial charge on any atom is -0.456 e. The van der Waals surface area contributed by atoms with Crippen molar-refractivity contribution in [2.45, 2.75) is 26.2 Å². The van der Waals surface area contributed by atoms with Crippen LogP contribution in [0.15, 0.2) is 279 Å². The van der Waals surface area contributed by atoms with E-state index in [1.54, 1.807) is 22.8 Å². The fourth-order valence-corrected chi connectivity index (χ4v) is 12.6. The first-order valence-electron chi connectivity index (χ1n) is 33.0. The first-order valence-corrected chi connectivity index (χ1v) is 28.0. The van der Waals surface area contributed by atoms with Crippen molar-refractivity contribution in [3.63, 3.8) is 0 Å². The molecule has 0 atom stereocenters. The first kappa shape index (κ1) is 39.7. The molecule has 0 saturated heterocycles. The van der Waals surface area contributed by atoms with Crippen LogP contribution in [0.1, 0.15) is 40.0 Å². The van der Waals surface area contributed by atoms with Crippen molar-refractivity contribution < 1.29 is 23.0 Å². The molecule has 2 aliphatic rings. The molecule has 0 amide bonds. The summed E-state index contributed by atoms with van der Waals surface area (Å²) < 4.78 is 102. The van der Waals surface area contributed by atoms with Crippen molar-refractivity contribution in [1.29, 1.82) is 0 Å². The molecule has 0 fully saturated rings. The Bertz CT molecular complexity index is 5400. The van der Waals surface area contributed by atoms with E-state index in [0.717, 1.165) is 83.7 Å². The lowest BCUT2D eigenvalue weighted by Gasteiger charge is -2.35. The van der Waals surface area contributed by atoms with Crippen molar-refractivity contribution in [3.8, 4) is 73.2 Å². The van der Waals surface area contributed by atoms with E-state index in [2.05, 4.69) is 187 Å². The normalized spacial score (nSPS) is 14.3. The maximum Gasteiger partial charge on any atom is 0.421 e. The Morgan fingerprint density at radius 3 is 1.80 bits per heavy atom. The molecule has 7 nitrogen and oxygen atoms in total. The number of ether oxygens (including phenoxy) is 1. The SMILES string of the molecule is [2H]c1c([2H])c([2H])c(-c2cccc(-c3c([2H])c([2H])c([2H])c([2H])c3[2H])c2-[n+]2[c-]n(-c3cccc(Oc4cc5c(cc4N4B6c7ccccc7-c7ccccc7-c7ccccc7N6c6ccccc64)c4ccccc4n5-c4cc(C(C)(C)C)ccn4)c3)c3ccccc32)c([2H])c1[2H]. The predicted molar refractivity (Wildman–Crippen MR) is 345 cm³/mol. The Kier molecular flexibility index (Phi) is 9.21. The molecule has 5 heterocycles. The molecule has 84 heavy (non-hydrogen) atoms. The van der Waals surface area contributed by atoms with Gasteiger partial charge in [0.25, 0.3) is 6.33 Å². The number of nitrogens with zero attached hydrogens (tertiary/aromatic N) is 6. The quantitative estimate of drug-likeness (QED) is 0.0864. The lowest BCUT2D eigenvalue weighted by molar-refractivity contribution is -0.571. The van der Waals surface area contributed by atoms with Crippen LogP contribution in [-0.4, -0.2) is 21.1 Å². The van der Waals surface area contributed by atoms with Gasteiger partial charge in [-0.05, 0) is 116 Å². The zero-order chi connectivity index (χ0) is 64.7. The van der Waals surface area contributed by atoms with E-state index in [0.29, 0.717) is 28.2 Å². The van der Waals surface area contributed by atoms with Gasteiger partial charge in [0.15, 0.2) is 5.75 Å². The number of rotatable bonds is 8. The average molecular weight is 1090 g/mol. The van der Waals surface area contributed by atoms with Gasteiger partial charge < -0.3 is 14.4 Å². The van der Waals surface area contributed by atoms with Crippen molar-refractivity contribution in [2.75, 3.05) is 9.62 Å². The summed E-state index contributed by atoms with van der Waals surface area (Å²) in [6, 6.07) is 66.2. The molecule has 0 radical (unpaired) electrons. The zero-order valence-electron chi connectivity index (χ0n) is 56.0. The minimum absolute atomic E-state index is 0.143. The fraction of sp³-hybridized carbons (Fsp3) is 0.0526. The van der Waals surface area contributed by atoms with Gasteiger partial charge in [0.1, 0.15) is 11.6 Å². The van der Waals surface area contributed by atoms with Crippen LogP contribution in [0.3, 0.4) is 0 Å². The molecule has 14 aromatic rings. The van der Waals surface area contributed by atoms with Crippen LogP contribution in [0.2, 0.25) is 0 Å². The molecule has 0 saturated carbocycles. The summed E-state index contributed by atoms with van der Waals surface area (Å²) in [7, 11) is 0. The number of aromatic nitrogens is 4. The molecule has 0 N–H and O–H groups in total. The van der Waals surface area contributed by atoms with E-state index in [-0.39, 0.29) is 33.4 Å². The minimum atomic E-state index is -0.577. The lowest BCUT2D eigenvalue weighted by Crippen LogP contribution is -2.54. The van der Waals surface area contributed by atoms with Crippen LogP contribution < -0.4 is 24.4 Å². The van der Waals surface area contributed by atoms with Crippen LogP contribution in [0.5, 0.6) is 11.5 Å². The Morgan fingerprint density at radius 2 is 1.07 bits per heavy atom. The second-order valence-electron chi connectivity index (χ2n) is 22.2. The van der Waals surface area contributed by atoms with Crippen LogP contribution in [0.4, 0.5) is 22.7 Å². The summed E-state index contributed by atoms with van der Waals surface area (Å²) in [6.45, 7) is 6.16. The molecule has 16 rings (SSSR count). The van der Waals surface area contributed by atoms with Crippen LogP contribution >= 0.6 is 0 Å². The molecule has 3 aromatic heterocycles. The number of benzene rings is 11. The number of para-hydroxylation sites is 7.